The number of alkyl halides is 3. The summed E-state index contributed by atoms with van der Waals surface area (Å²) in [6, 6.07) is 21.2. The van der Waals surface area contributed by atoms with Crippen LogP contribution in [0.5, 0.6) is 0 Å². The van der Waals surface area contributed by atoms with Crippen LogP contribution in [0, 0.1) is 0 Å². The number of benzene rings is 2. The lowest BCUT2D eigenvalue weighted by atomic mass is 10.0. The van der Waals surface area contributed by atoms with E-state index < -0.39 is 17.6 Å². The summed E-state index contributed by atoms with van der Waals surface area (Å²) < 4.78 is 48.0. The zero-order valence-electron chi connectivity index (χ0n) is 18.1. The topological polar surface area (TPSA) is 80.9 Å². The third kappa shape index (κ3) is 4.61. The zero-order chi connectivity index (χ0) is 24.4. The molecule has 9 heteroatoms. The van der Waals surface area contributed by atoms with Crippen molar-refractivity contribution in [2.75, 3.05) is 0 Å². The van der Waals surface area contributed by atoms with E-state index in [9.17, 15) is 18.0 Å². The van der Waals surface area contributed by atoms with E-state index >= 15 is 0 Å². The molecule has 2 aromatic carbocycles. The molecule has 0 aliphatic carbocycles. The average molecular weight is 474 g/mol. The van der Waals surface area contributed by atoms with Crippen LogP contribution in [0.4, 0.5) is 13.2 Å². The fraction of sp³-hybridized carbons (Fsp3) is 0.0769. The Balaban J connectivity index is 1.73. The fourth-order valence-corrected chi connectivity index (χ4v) is 3.68. The van der Waals surface area contributed by atoms with Gasteiger partial charge in [0.15, 0.2) is 5.65 Å². The average Bonchev–Trinajstić information content (AvgIpc) is 3.40. The molecule has 0 saturated carbocycles. The van der Waals surface area contributed by atoms with Gasteiger partial charge in [0.1, 0.15) is 5.76 Å². The Kier molecular flexibility index (Phi) is 5.74. The first-order chi connectivity index (χ1) is 16.9. The molecule has 5 aromatic rings. The number of furan rings is 1. The van der Waals surface area contributed by atoms with Gasteiger partial charge in [0.25, 0.3) is 5.91 Å². The van der Waals surface area contributed by atoms with Gasteiger partial charge in [0.2, 0.25) is 5.82 Å². The lowest BCUT2D eigenvalue weighted by molar-refractivity contribution is -0.136. The molecule has 35 heavy (non-hydrogen) atoms. The molecule has 1 amide bonds. The Morgan fingerprint density at radius 1 is 0.857 bits per heavy atom. The van der Waals surface area contributed by atoms with Crippen LogP contribution in [0.1, 0.15) is 21.9 Å². The molecule has 0 saturated heterocycles. The number of nitrogens with zero attached hydrogens (tertiary/aromatic N) is 3. The number of halogens is 3. The molecule has 6 nitrogen and oxygen atoms in total. The summed E-state index contributed by atoms with van der Waals surface area (Å²) in [5, 5.41) is 2.36. The van der Waals surface area contributed by atoms with Crippen LogP contribution in [-0.4, -0.2) is 20.9 Å². The molecule has 0 spiro atoms. The number of pyridine rings is 1. The smallest absolute Gasteiger partial charge is 0.417 e. The second kappa shape index (κ2) is 9.02. The van der Waals surface area contributed by atoms with Crippen molar-refractivity contribution in [3.05, 3.63) is 102 Å². The number of carbonyl (C=O) groups excluding carboxylic acids is 1. The maximum atomic E-state index is 14.3. The molecular weight excluding hydrogens is 457 g/mol. The van der Waals surface area contributed by atoms with Crippen molar-refractivity contribution in [2.45, 2.75) is 12.7 Å². The summed E-state index contributed by atoms with van der Waals surface area (Å²) >= 11 is 0. The molecule has 0 bridgehead atoms. The van der Waals surface area contributed by atoms with Gasteiger partial charge in [0.05, 0.1) is 35.1 Å². The minimum Gasteiger partial charge on any atom is -0.467 e. The molecule has 0 radical (unpaired) electrons. The molecule has 5 rings (SSSR count). The number of hydrogen-bond acceptors (Lipinski definition) is 5. The number of nitrogens with one attached hydrogen (secondary N) is 1. The van der Waals surface area contributed by atoms with E-state index in [0.29, 0.717) is 16.9 Å². The van der Waals surface area contributed by atoms with Crippen LogP contribution in [0.25, 0.3) is 33.5 Å². The number of carbonyl (C=O) groups is 1. The molecular formula is C26H17F3N4O2. The first-order valence-corrected chi connectivity index (χ1v) is 10.6. The van der Waals surface area contributed by atoms with Gasteiger partial charge in [0, 0.05) is 11.1 Å². The summed E-state index contributed by atoms with van der Waals surface area (Å²) in [7, 11) is 0. The fourth-order valence-electron chi connectivity index (χ4n) is 3.68. The zero-order valence-corrected chi connectivity index (χ0v) is 18.1. The van der Waals surface area contributed by atoms with Crippen LogP contribution in [0.3, 0.4) is 0 Å². The Morgan fingerprint density at radius 3 is 2.17 bits per heavy atom. The SMILES string of the molecule is O=C(NCc1ccco1)c1nc(-c2ccccc2)c2c(C(F)(F)F)cc(-c3ccccc3)nc2n1. The van der Waals surface area contributed by atoms with E-state index in [1.807, 2.05) is 0 Å². The van der Waals surface area contributed by atoms with E-state index in [1.165, 1.54) is 6.26 Å². The summed E-state index contributed by atoms with van der Waals surface area (Å²) in [5.74, 6) is -0.457. The first-order valence-electron chi connectivity index (χ1n) is 10.6. The number of amides is 1. The number of hydrogen-bond donors (Lipinski definition) is 1. The monoisotopic (exact) mass is 474 g/mol. The highest BCUT2D eigenvalue weighted by Crippen LogP contribution is 2.40. The van der Waals surface area contributed by atoms with Gasteiger partial charge in [-0.25, -0.2) is 15.0 Å². The number of aromatic nitrogens is 3. The Bertz CT molecular complexity index is 1490. The first kappa shape index (κ1) is 22.3. The van der Waals surface area contributed by atoms with Crippen molar-refractivity contribution in [1.82, 2.24) is 20.3 Å². The third-order valence-corrected chi connectivity index (χ3v) is 5.30. The van der Waals surface area contributed by atoms with E-state index in [2.05, 4.69) is 20.3 Å². The van der Waals surface area contributed by atoms with Crippen LogP contribution in [0.2, 0.25) is 0 Å². The quantitative estimate of drug-likeness (QED) is 0.343. The Hall–Kier alpha value is -4.53. The van der Waals surface area contributed by atoms with Gasteiger partial charge < -0.3 is 9.73 Å². The standard InChI is InChI=1S/C26H17F3N4O2/c27-26(28,29)19-14-20(16-8-3-1-4-9-16)31-23-21(19)22(17-10-5-2-6-11-17)32-24(33-23)25(34)30-15-18-12-7-13-35-18/h1-14H,15H2,(H,30,34). The Labute approximate surface area is 197 Å². The van der Waals surface area contributed by atoms with Crippen molar-refractivity contribution in [1.29, 1.82) is 0 Å². The summed E-state index contributed by atoms with van der Waals surface area (Å²) in [6.45, 7) is 0.0686. The predicted molar refractivity (Wildman–Crippen MR) is 123 cm³/mol. The van der Waals surface area contributed by atoms with Crippen LogP contribution >= 0.6 is 0 Å². The van der Waals surface area contributed by atoms with Crippen LogP contribution in [0.15, 0.2) is 89.5 Å². The summed E-state index contributed by atoms with van der Waals surface area (Å²) in [6.07, 6.45) is -3.24. The maximum absolute atomic E-state index is 14.3. The molecule has 0 unspecified atom stereocenters. The number of rotatable bonds is 5. The highest BCUT2D eigenvalue weighted by molar-refractivity contribution is 5.99. The highest BCUT2D eigenvalue weighted by atomic mass is 19.4. The van der Waals surface area contributed by atoms with Crippen molar-refractivity contribution >= 4 is 16.9 Å². The van der Waals surface area contributed by atoms with Gasteiger partial charge in [-0.15, -0.1) is 0 Å². The lowest BCUT2D eigenvalue weighted by Gasteiger charge is -2.16. The third-order valence-electron chi connectivity index (χ3n) is 5.30. The van der Waals surface area contributed by atoms with Crippen molar-refractivity contribution in [2.24, 2.45) is 0 Å². The second-order valence-corrected chi connectivity index (χ2v) is 7.64. The number of fused-ring (bicyclic) bond motifs is 1. The van der Waals surface area contributed by atoms with Gasteiger partial charge in [-0.05, 0) is 18.2 Å². The normalized spacial score (nSPS) is 11.5. The lowest BCUT2D eigenvalue weighted by Crippen LogP contribution is -2.25. The van der Waals surface area contributed by atoms with E-state index in [0.717, 1.165) is 6.07 Å². The van der Waals surface area contributed by atoms with Crippen molar-refractivity contribution in [3.63, 3.8) is 0 Å². The molecule has 0 aliphatic rings. The highest BCUT2D eigenvalue weighted by Gasteiger charge is 2.36. The molecule has 1 N–H and O–H groups in total. The minimum absolute atomic E-state index is 0.0295. The van der Waals surface area contributed by atoms with Crippen molar-refractivity contribution in [3.8, 4) is 22.5 Å². The minimum atomic E-state index is -4.71. The molecule has 0 atom stereocenters. The Morgan fingerprint density at radius 2 is 1.54 bits per heavy atom. The largest absolute Gasteiger partial charge is 0.467 e. The summed E-state index contributed by atoms with van der Waals surface area (Å²) in [4.78, 5) is 25.7. The second-order valence-electron chi connectivity index (χ2n) is 7.64. The molecule has 0 fully saturated rings. The molecule has 3 aromatic heterocycles. The molecule has 3 heterocycles. The van der Waals surface area contributed by atoms with Gasteiger partial charge in [-0.3, -0.25) is 4.79 Å². The van der Waals surface area contributed by atoms with Gasteiger partial charge >= 0.3 is 6.18 Å². The van der Waals surface area contributed by atoms with Gasteiger partial charge in [-0.2, -0.15) is 13.2 Å². The van der Waals surface area contributed by atoms with E-state index in [4.69, 9.17) is 4.42 Å². The van der Waals surface area contributed by atoms with Gasteiger partial charge in [-0.1, -0.05) is 60.7 Å². The molecule has 0 aliphatic heterocycles. The van der Waals surface area contributed by atoms with E-state index in [-0.39, 0.29) is 34.8 Å². The molecule has 174 valence electrons. The van der Waals surface area contributed by atoms with Crippen LogP contribution < -0.4 is 5.32 Å². The van der Waals surface area contributed by atoms with E-state index in [1.54, 1.807) is 72.8 Å². The van der Waals surface area contributed by atoms with Crippen LogP contribution in [-0.2, 0) is 12.7 Å². The predicted octanol–water partition coefficient (Wildman–Crippen LogP) is 5.90. The summed E-state index contributed by atoms with van der Waals surface area (Å²) in [5.41, 5.74) is -0.204. The maximum Gasteiger partial charge on any atom is 0.417 e. The van der Waals surface area contributed by atoms with Crippen molar-refractivity contribution < 1.29 is 22.4 Å².